The van der Waals surface area contributed by atoms with Crippen LogP contribution in [0.5, 0.6) is 0 Å². The number of amides is 1. The summed E-state index contributed by atoms with van der Waals surface area (Å²) in [6, 6.07) is -1.42. The normalized spacial score (nSPS) is 13.6. The van der Waals surface area contributed by atoms with E-state index in [1.807, 2.05) is 0 Å². The van der Waals surface area contributed by atoms with Crippen LogP contribution in [0, 0.1) is 0 Å². The summed E-state index contributed by atoms with van der Waals surface area (Å²) in [5.41, 5.74) is 11.5. The number of carbonyl (C=O) groups is 3. The van der Waals surface area contributed by atoms with Crippen LogP contribution in [-0.4, -0.2) is 45.4 Å². The number of hydrogen-bond acceptors (Lipinski definition) is 6. The number of H-pyrrole nitrogens is 1. The maximum atomic E-state index is 11.9. The number of hydrogen-bond donors (Lipinski definition) is 5. The molecule has 6 N–H and O–H groups in total. The van der Waals surface area contributed by atoms with Crippen LogP contribution >= 0.6 is 12.6 Å². The van der Waals surface area contributed by atoms with Crippen LogP contribution in [0.25, 0.3) is 0 Å². The number of thiol groups is 1. The fraction of sp³-hybridized carbons (Fsp3) is 0.500. The summed E-state index contributed by atoms with van der Waals surface area (Å²) in [5.74, 6) is -0.769. The van der Waals surface area contributed by atoms with Crippen LogP contribution in [0.15, 0.2) is 12.5 Å². The van der Waals surface area contributed by atoms with Crippen LogP contribution in [-0.2, 0) is 20.8 Å². The SMILES string of the molecule is NC(=O)CC[C@H](NCC(=O)[C@@H](N)Cc1c[nH]cn1)C(=O)S. The Balaban J connectivity index is 2.41. The predicted octanol–water partition coefficient (Wildman–Crippen LogP) is -1.47. The standard InChI is InChI=1S/C12H19N5O3S/c13-8(3-7-4-15-6-17-7)10(18)5-16-9(12(20)21)1-2-11(14)19/h4,6,8-9,16H,1-3,5,13H2,(H2,14,19)(H,15,17)(H,20,21)/t8-,9-/m0/s1. The lowest BCUT2D eigenvalue weighted by Gasteiger charge is -2.15. The molecule has 9 heteroatoms. The molecular weight excluding hydrogens is 294 g/mol. The van der Waals surface area contributed by atoms with Gasteiger partial charge in [-0.15, -0.1) is 12.6 Å². The molecule has 0 aliphatic heterocycles. The monoisotopic (exact) mass is 313 g/mol. The first-order valence-electron chi connectivity index (χ1n) is 6.40. The Labute approximate surface area is 127 Å². The minimum atomic E-state index is -0.715. The van der Waals surface area contributed by atoms with Crippen LogP contribution in [0.1, 0.15) is 18.5 Å². The number of nitrogens with one attached hydrogen (secondary N) is 2. The quantitative estimate of drug-likeness (QED) is 0.334. The Morgan fingerprint density at radius 3 is 2.67 bits per heavy atom. The van der Waals surface area contributed by atoms with Gasteiger partial charge in [-0.1, -0.05) is 0 Å². The summed E-state index contributed by atoms with van der Waals surface area (Å²) in [6.07, 6.45) is 3.71. The predicted molar refractivity (Wildman–Crippen MR) is 79.5 cm³/mol. The molecule has 0 unspecified atom stereocenters. The van der Waals surface area contributed by atoms with Gasteiger partial charge < -0.3 is 16.5 Å². The number of aromatic nitrogens is 2. The van der Waals surface area contributed by atoms with Crippen molar-refractivity contribution in [3.63, 3.8) is 0 Å². The van der Waals surface area contributed by atoms with Gasteiger partial charge >= 0.3 is 0 Å². The van der Waals surface area contributed by atoms with Gasteiger partial charge in [-0.2, -0.15) is 0 Å². The zero-order chi connectivity index (χ0) is 15.8. The fourth-order valence-electron chi connectivity index (χ4n) is 1.70. The van der Waals surface area contributed by atoms with Crippen molar-refractivity contribution in [3.8, 4) is 0 Å². The fourth-order valence-corrected chi connectivity index (χ4v) is 1.92. The van der Waals surface area contributed by atoms with Crippen LogP contribution in [0.3, 0.4) is 0 Å². The lowest BCUT2D eigenvalue weighted by Crippen LogP contribution is -2.44. The molecule has 0 aliphatic rings. The molecule has 0 spiro atoms. The Hall–Kier alpha value is -1.71. The van der Waals surface area contributed by atoms with Crippen molar-refractivity contribution in [1.82, 2.24) is 15.3 Å². The summed E-state index contributed by atoms with van der Waals surface area (Å²) < 4.78 is 0. The Kier molecular flexibility index (Phi) is 7.06. The van der Waals surface area contributed by atoms with Crippen molar-refractivity contribution in [1.29, 1.82) is 0 Å². The summed E-state index contributed by atoms with van der Waals surface area (Å²) in [6.45, 7) is -0.0820. The average molecular weight is 313 g/mol. The van der Waals surface area contributed by atoms with Gasteiger partial charge in [-0.3, -0.25) is 19.7 Å². The molecule has 1 aromatic heterocycles. The minimum absolute atomic E-state index is 0.0392. The highest BCUT2D eigenvalue weighted by Crippen LogP contribution is 2.02. The molecule has 0 aromatic carbocycles. The lowest BCUT2D eigenvalue weighted by atomic mass is 10.1. The molecule has 0 saturated heterocycles. The van der Waals surface area contributed by atoms with Gasteiger partial charge in [0.05, 0.1) is 30.6 Å². The highest BCUT2D eigenvalue weighted by molar-refractivity contribution is 7.96. The third-order valence-electron chi connectivity index (χ3n) is 2.90. The van der Waals surface area contributed by atoms with Gasteiger partial charge in [0.15, 0.2) is 5.78 Å². The zero-order valence-corrected chi connectivity index (χ0v) is 12.3. The van der Waals surface area contributed by atoms with E-state index >= 15 is 0 Å². The first-order chi connectivity index (χ1) is 9.90. The van der Waals surface area contributed by atoms with Crippen LogP contribution in [0.2, 0.25) is 0 Å². The number of carbonyl (C=O) groups excluding carboxylic acids is 3. The third kappa shape index (κ3) is 6.52. The lowest BCUT2D eigenvalue weighted by molar-refractivity contribution is -0.119. The topological polar surface area (TPSA) is 144 Å². The third-order valence-corrected chi connectivity index (χ3v) is 3.21. The Morgan fingerprint density at radius 1 is 1.43 bits per heavy atom. The van der Waals surface area contributed by atoms with Crippen LogP contribution in [0.4, 0.5) is 0 Å². The smallest absolute Gasteiger partial charge is 0.217 e. The maximum Gasteiger partial charge on any atom is 0.217 e. The van der Waals surface area contributed by atoms with E-state index in [1.54, 1.807) is 6.20 Å². The zero-order valence-electron chi connectivity index (χ0n) is 11.4. The first kappa shape index (κ1) is 17.3. The Morgan fingerprint density at radius 2 is 2.14 bits per heavy atom. The van der Waals surface area contributed by atoms with Gasteiger partial charge in [0.2, 0.25) is 11.0 Å². The van der Waals surface area contributed by atoms with Crippen molar-refractivity contribution in [3.05, 3.63) is 18.2 Å². The van der Waals surface area contributed by atoms with Gasteiger partial charge in [0.25, 0.3) is 0 Å². The summed E-state index contributed by atoms with van der Waals surface area (Å²) in [5, 5.41) is 2.29. The van der Waals surface area contributed by atoms with E-state index in [0.717, 1.165) is 0 Å². The second kappa shape index (κ2) is 8.55. The molecule has 1 heterocycles. The van der Waals surface area contributed by atoms with E-state index in [9.17, 15) is 14.4 Å². The second-order valence-corrected chi connectivity index (χ2v) is 5.05. The van der Waals surface area contributed by atoms with Crippen molar-refractivity contribution < 1.29 is 14.4 Å². The maximum absolute atomic E-state index is 11.9. The number of primary amides is 1. The van der Waals surface area contributed by atoms with E-state index in [4.69, 9.17) is 11.5 Å². The number of nitrogens with two attached hydrogens (primary N) is 2. The van der Waals surface area contributed by atoms with E-state index < -0.39 is 23.1 Å². The largest absolute Gasteiger partial charge is 0.370 e. The number of Topliss-reactive ketones (excluding diaryl/α,β-unsaturated/α-hetero) is 1. The van der Waals surface area contributed by atoms with E-state index in [2.05, 4.69) is 27.9 Å². The molecule has 1 aromatic rings. The molecule has 0 aliphatic carbocycles. The molecule has 21 heavy (non-hydrogen) atoms. The molecular formula is C12H19N5O3S. The number of ketones is 1. The van der Waals surface area contributed by atoms with Gasteiger partial charge in [-0.05, 0) is 6.42 Å². The second-order valence-electron chi connectivity index (χ2n) is 4.61. The first-order valence-corrected chi connectivity index (χ1v) is 6.85. The molecule has 0 saturated carbocycles. The van der Waals surface area contributed by atoms with Gasteiger partial charge in [0, 0.05) is 19.0 Å². The molecule has 0 fully saturated rings. The summed E-state index contributed by atoms with van der Waals surface area (Å²) in [4.78, 5) is 40.6. The van der Waals surface area contributed by atoms with Gasteiger partial charge in [0.1, 0.15) is 0 Å². The molecule has 8 nitrogen and oxygen atoms in total. The van der Waals surface area contributed by atoms with Crippen molar-refractivity contribution in [2.45, 2.75) is 31.3 Å². The number of nitrogens with zero attached hydrogens (tertiary/aromatic N) is 1. The molecule has 1 amide bonds. The van der Waals surface area contributed by atoms with Gasteiger partial charge in [-0.25, -0.2) is 4.98 Å². The van der Waals surface area contributed by atoms with Crippen molar-refractivity contribution >= 4 is 29.4 Å². The van der Waals surface area contributed by atoms with Crippen molar-refractivity contribution in [2.75, 3.05) is 6.54 Å². The van der Waals surface area contributed by atoms with E-state index in [1.165, 1.54) is 6.33 Å². The Bertz CT molecular complexity index is 491. The van der Waals surface area contributed by atoms with Crippen molar-refractivity contribution in [2.24, 2.45) is 11.5 Å². The molecule has 2 atom stereocenters. The molecule has 116 valence electrons. The van der Waals surface area contributed by atoms with E-state index in [-0.39, 0.29) is 25.2 Å². The number of aromatic amines is 1. The highest BCUT2D eigenvalue weighted by atomic mass is 32.1. The average Bonchev–Trinajstić information content (AvgIpc) is 2.90. The molecule has 0 bridgehead atoms. The molecule has 0 radical (unpaired) electrons. The number of imidazole rings is 1. The summed E-state index contributed by atoms with van der Waals surface area (Å²) >= 11 is 3.71. The van der Waals surface area contributed by atoms with Crippen LogP contribution < -0.4 is 16.8 Å². The minimum Gasteiger partial charge on any atom is -0.370 e. The van der Waals surface area contributed by atoms with E-state index in [0.29, 0.717) is 12.1 Å². The molecule has 1 rings (SSSR count). The highest BCUT2D eigenvalue weighted by Gasteiger charge is 2.20. The summed E-state index contributed by atoms with van der Waals surface area (Å²) in [7, 11) is 0. The number of rotatable bonds is 10.